The van der Waals surface area contributed by atoms with Gasteiger partial charge in [-0.25, -0.2) is 0 Å². The van der Waals surface area contributed by atoms with Crippen LogP contribution >= 0.6 is 0 Å². The normalized spacial score (nSPS) is 11.3. The fourth-order valence-corrected chi connectivity index (χ4v) is 1.90. The lowest BCUT2D eigenvalue weighted by Gasteiger charge is -2.15. The SMILES string of the molecule is C=CCCC[C@H](NC(=O)c1ccc(NC(C)=O)cc1)C(N)=O. The van der Waals surface area contributed by atoms with Crippen LogP contribution < -0.4 is 16.4 Å². The molecule has 0 radical (unpaired) electrons. The fourth-order valence-electron chi connectivity index (χ4n) is 1.90. The van der Waals surface area contributed by atoms with Crippen LogP contribution in [0.25, 0.3) is 0 Å². The Balaban J connectivity index is 2.66. The van der Waals surface area contributed by atoms with Gasteiger partial charge in [-0.2, -0.15) is 0 Å². The standard InChI is InChI=1S/C16H21N3O3/c1-3-4-5-6-14(15(17)21)19-16(22)12-7-9-13(10-8-12)18-11(2)20/h3,7-10,14H,1,4-6H2,2H3,(H2,17,21)(H,18,20)(H,19,22)/t14-/m0/s1. The third-order valence-electron chi connectivity index (χ3n) is 3.02. The van der Waals surface area contributed by atoms with Crippen molar-refractivity contribution >= 4 is 23.4 Å². The molecule has 0 unspecified atom stereocenters. The molecule has 3 amide bonds. The number of hydrogen-bond donors (Lipinski definition) is 3. The quantitative estimate of drug-likeness (QED) is 0.502. The summed E-state index contributed by atoms with van der Waals surface area (Å²) in [6, 6.07) is 5.67. The van der Waals surface area contributed by atoms with E-state index in [-0.39, 0.29) is 11.8 Å². The molecule has 1 rings (SSSR count). The maximum absolute atomic E-state index is 12.1. The van der Waals surface area contributed by atoms with Gasteiger partial charge in [0.1, 0.15) is 6.04 Å². The molecule has 1 atom stereocenters. The van der Waals surface area contributed by atoms with Gasteiger partial charge in [0.2, 0.25) is 11.8 Å². The molecule has 1 aromatic rings. The van der Waals surface area contributed by atoms with Crippen LogP contribution in [0.15, 0.2) is 36.9 Å². The molecule has 0 saturated carbocycles. The Bertz CT molecular complexity index is 552. The highest BCUT2D eigenvalue weighted by Gasteiger charge is 2.18. The number of benzene rings is 1. The van der Waals surface area contributed by atoms with E-state index in [1.165, 1.54) is 6.92 Å². The number of nitrogens with two attached hydrogens (primary N) is 1. The van der Waals surface area contributed by atoms with Crippen LogP contribution in [0.2, 0.25) is 0 Å². The number of unbranched alkanes of at least 4 members (excludes halogenated alkanes) is 1. The van der Waals surface area contributed by atoms with Crippen LogP contribution in [-0.4, -0.2) is 23.8 Å². The average molecular weight is 303 g/mol. The van der Waals surface area contributed by atoms with Gasteiger partial charge in [-0.1, -0.05) is 6.08 Å². The lowest BCUT2D eigenvalue weighted by atomic mass is 10.1. The number of primary amides is 1. The van der Waals surface area contributed by atoms with Gasteiger partial charge < -0.3 is 16.4 Å². The molecular formula is C16H21N3O3. The molecule has 0 bridgehead atoms. The van der Waals surface area contributed by atoms with Crippen molar-refractivity contribution in [3.8, 4) is 0 Å². The minimum absolute atomic E-state index is 0.187. The number of carbonyl (C=O) groups is 3. The molecule has 0 spiro atoms. The van der Waals surface area contributed by atoms with Crippen LogP contribution in [0, 0.1) is 0 Å². The van der Waals surface area contributed by atoms with Gasteiger partial charge in [0.05, 0.1) is 0 Å². The van der Waals surface area contributed by atoms with E-state index in [1.807, 2.05) is 0 Å². The summed E-state index contributed by atoms with van der Waals surface area (Å²) in [6.45, 7) is 5.01. The lowest BCUT2D eigenvalue weighted by Crippen LogP contribution is -2.44. The van der Waals surface area contributed by atoms with Gasteiger partial charge in [-0.05, 0) is 43.5 Å². The van der Waals surface area contributed by atoms with Gasteiger partial charge >= 0.3 is 0 Å². The number of carbonyl (C=O) groups excluding carboxylic acids is 3. The highest BCUT2D eigenvalue weighted by atomic mass is 16.2. The van der Waals surface area contributed by atoms with Crippen molar-refractivity contribution in [2.45, 2.75) is 32.2 Å². The van der Waals surface area contributed by atoms with Crippen molar-refractivity contribution in [3.63, 3.8) is 0 Å². The summed E-state index contributed by atoms with van der Waals surface area (Å²) >= 11 is 0. The molecule has 22 heavy (non-hydrogen) atoms. The first-order chi connectivity index (χ1) is 10.4. The molecule has 0 aliphatic rings. The molecular weight excluding hydrogens is 282 g/mol. The zero-order valence-electron chi connectivity index (χ0n) is 12.6. The topological polar surface area (TPSA) is 101 Å². The van der Waals surface area contributed by atoms with E-state index in [0.29, 0.717) is 17.7 Å². The van der Waals surface area contributed by atoms with Crippen LogP contribution in [-0.2, 0) is 9.59 Å². The molecule has 0 heterocycles. The van der Waals surface area contributed by atoms with E-state index in [1.54, 1.807) is 30.3 Å². The zero-order valence-corrected chi connectivity index (χ0v) is 12.6. The Morgan fingerprint density at radius 2 is 1.91 bits per heavy atom. The maximum Gasteiger partial charge on any atom is 0.251 e. The molecule has 0 aromatic heterocycles. The van der Waals surface area contributed by atoms with Crippen LogP contribution in [0.3, 0.4) is 0 Å². The Labute approximate surface area is 129 Å². The monoisotopic (exact) mass is 303 g/mol. The van der Waals surface area contributed by atoms with E-state index >= 15 is 0 Å². The molecule has 6 heteroatoms. The van der Waals surface area contributed by atoms with Crippen molar-refractivity contribution in [3.05, 3.63) is 42.5 Å². The van der Waals surface area contributed by atoms with Gasteiger partial charge in [-0.15, -0.1) is 6.58 Å². The summed E-state index contributed by atoms with van der Waals surface area (Å²) in [5.41, 5.74) is 6.29. The van der Waals surface area contributed by atoms with Crippen molar-refractivity contribution in [1.29, 1.82) is 0 Å². The van der Waals surface area contributed by atoms with Gasteiger partial charge in [0, 0.05) is 18.2 Å². The molecule has 0 aliphatic heterocycles. The summed E-state index contributed by atoms with van der Waals surface area (Å²) in [5.74, 6) is -1.13. The third-order valence-corrected chi connectivity index (χ3v) is 3.02. The Morgan fingerprint density at radius 3 is 2.41 bits per heavy atom. The van der Waals surface area contributed by atoms with Gasteiger partial charge in [0.15, 0.2) is 0 Å². The predicted molar refractivity (Wildman–Crippen MR) is 85.2 cm³/mol. The maximum atomic E-state index is 12.1. The first-order valence-electron chi connectivity index (χ1n) is 7.02. The third kappa shape index (κ3) is 5.78. The first kappa shape index (κ1) is 17.4. The zero-order chi connectivity index (χ0) is 16.5. The minimum atomic E-state index is -0.706. The van der Waals surface area contributed by atoms with Crippen molar-refractivity contribution in [2.75, 3.05) is 5.32 Å². The first-order valence-corrected chi connectivity index (χ1v) is 7.02. The number of anilines is 1. The van der Waals surface area contributed by atoms with Crippen LogP contribution in [0.4, 0.5) is 5.69 Å². The van der Waals surface area contributed by atoms with E-state index in [9.17, 15) is 14.4 Å². The second-order valence-corrected chi connectivity index (χ2v) is 4.91. The van der Waals surface area contributed by atoms with Gasteiger partial charge in [-0.3, -0.25) is 14.4 Å². The summed E-state index contributed by atoms with van der Waals surface area (Å²) in [5, 5.41) is 5.23. The molecule has 118 valence electrons. The second-order valence-electron chi connectivity index (χ2n) is 4.91. The summed E-state index contributed by atoms with van der Waals surface area (Å²) in [7, 11) is 0. The molecule has 4 N–H and O–H groups in total. The van der Waals surface area contributed by atoms with Crippen LogP contribution in [0.5, 0.6) is 0 Å². The number of nitrogens with one attached hydrogen (secondary N) is 2. The number of amides is 3. The van der Waals surface area contributed by atoms with Gasteiger partial charge in [0.25, 0.3) is 5.91 Å². The Kier molecular flexibility index (Phi) is 6.82. The van der Waals surface area contributed by atoms with E-state index in [0.717, 1.165) is 12.8 Å². The van der Waals surface area contributed by atoms with E-state index in [2.05, 4.69) is 17.2 Å². The molecule has 0 saturated heterocycles. The fraction of sp³-hybridized carbons (Fsp3) is 0.312. The number of hydrogen-bond acceptors (Lipinski definition) is 3. The molecule has 0 fully saturated rings. The van der Waals surface area contributed by atoms with Crippen molar-refractivity contribution in [2.24, 2.45) is 5.73 Å². The Hall–Kier alpha value is -2.63. The summed E-state index contributed by atoms with van der Waals surface area (Å²) < 4.78 is 0. The average Bonchev–Trinajstić information content (AvgIpc) is 2.46. The number of rotatable bonds is 8. The molecule has 0 aliphatic carbocycles. The van der Waals surface area contributed by atoms with E-state index < -0.39 is 11.9 Å². The largest absolute Gasteiger partial charge is 0.368 e. The van der Waals surface area contributed by atoms with Crippen molar-refractivity contribution < 1.29 is 14.4 Å². The van der Waals surface area contributed by atoms with Crippen molar-refractivity contribution in [1.82, 2.24) is 5.32 Å². The molecule has 1 aromatic carbocycles. The Morgan fingerprint density at radius 1 is 1.27 bits per heavy atom. The number of allylic oxidation sites excluding steroid dienone is 1. The summed E-state index contributed by atoms with van der Waals surface area (Å²) in [6.07, 6.45) is 3.70. The molecule has 6 nitrogen and oxygen atoms in total. The van der Waals surface area contributed by atoms with E-state index in [4.69, 9.17) is 5.73 Å². The minimum Gasteiger partial charge on any atom is -0.368 e. The highest BCUT2D eigenvalue weighted by Crippen LogP contribution is 2.10. The predicted octanol–water partition coefficient (Wildman–Crippen LogP) is 1.58. The van der Waals surface area contributed by atoms with Crippen LogP contribution in [0.1, 0.15) is 36.5 Å². The summed E-state index contributed by atoms with van der Waals surface area (Å²) in [4.78, 5) is 34.4. The second kappa shape index (κ2) is 8.61. The highest BCUT2D eigenvalue weighted by molar-refractivity contribution is 5.98. The smallest absolute Gasteiger partial charge is 0.251 e. The lowest BCUT2D eigenvalue weighted by molar-refractivity contribution is -0.120.